The van der Waals surface area contributed by atoms with E-state index in [-0.39, 0.29) is 0 Å². The van der Waals surface area contributed by atoms with E-state index in [4.69, 9.17) is 0 Å². The van der Waals surface area contributed by atoms with Gasteiger partial charge in [0.05, 0.1) is 0 Å². The second-order valence-corrected chi connectivity index (χ2v) is 4.72. The van der Waals surface area contributed by atoms with Crippen LogP contribution in [-0.4, -0.2) is 74.4 Å². The monoisotopic (exact) mass is 411 g/mol. The smallest absolute Gasteiger partial charge is 0.460 e. The predicted octanol–water partition coefficient (Wildman–Crippen LogP) is 2.40. The molecule has 0 atom stereocenters. The summed E-state index contributed by atoms with van der Waals surface area (Å²) in [6, 6.07) is 0. The average Bonchev–Trinajstić information content (AvgIpc) is 2.44. The van der Waals surface area contributed by atoms with Crippen LogP contribution in [0.25, 0.3) is 0 Å². The van der Waals surface area contributed by atoms with Gasteiger partial charge >= 0.3 is 36.1 Å². The van der Waals surface area contributed by atoms with Gasteiger partial charge in [0.2, 0.25) is 0 Å². The van der Waals surface area contributed by atoms with Crippen LogP contribution in [0.4, 0.5) is 43.9 Å². The summed E-state index contributed by atoms with van der Waals surface area (Å²) in [7, 11) is 1.10. The van der Waals surface area contributed by atoms with Gasteiger partial charge in [0.25, 0.3) is 0 Å². The fraction of sp³-hybridized carbons (Fsp3) is 0.818. The molecule has 0 rings (SSSR count). The van der Waals surface area contributed by atoms with Crippen LogP contribution in [0.15, 0.2) is 0 Å². The molecule has 0 aliphatic rings. The molecule has 0 spiro atoms. The Labute approximate surface area is 138 Å². The lowest BCUT2D eigenvalue weighted by molar-refractivity contribution is -0.280. The van der Waals surface area contributed by atoms with E-state index in [9.17, 15) is 53.5 Å². The van der Waals surface area contributed by atoms with Crippen molar-refractivity contribution in [2.45, 2.75) is 24.2 Å². The fourth-order valence-corrected chi connectivity index (χ4v) is 1.11. The Morgan fingerprint density at radius 1 is 0.692 bits per heavy atom. The maximum Gasteiger partial charge on any atom is 0.465 e. The molecule has 0 aromatic carbocycles. The van der Waals surface area contributed by atoms with Crippen LogP contribution < -0.4 is 0 Å². The zero-order valence-corrected chi connectivity index (χ0v) is 12.7. The number of ether oxygens (including phenoxy) is 2. The van der Waals surface area contributed by atoms with E-state index < -0.39 is 62.4 Å². The molecule has 15 heteroatoms. The molecule has 0 aromatic rings. The van der Waals surface area contributed by atoms with E-state index in [0.29, 0.717) is 0 Å². The maximum absolute atomic E-state index is 12.5. The van der Waals surface area contributed by atoms with Gasteiger partial charge < -0.3 is 9.47 Å². The van der Waals surface area contributed by atoms with Gasteiger partial charge in [-0.05, 0) is 7.05 Å². The minimum atomic E-state index is -6.16. The van der Waals surface area contributed by atoms with Crippen molar-refractivity contribution in [3.05, 3.63) is 0 Å². The summed E-state index contributed by atoms with van der Waals surface area (Å²) in [5, 5.41) is 0. The molecule has 0 heterocycles. The highest BCUT2D eigenvalue weighted by Crippen LogP contribution is 2.37. The van der Waals surface area contributed by atoms with E-state index in [1.165, 1.54) is 0 Å². The van der Waals surface area contributed by atoms with Crippen molar-refractivity contribution >= 4 is 11.9 Å². The molecule has 0 amide bonds. The summed E-state index contributed by atoms with van der Waals surface area (Å²) in [6.07, 6.45) is -12.3. The summed E-state index contributed by atoms with van der Waals surface area (Å²) < 4.78 is 129. The Bertz CT molecular complexity index is 458. The van der Waals surface area contributed by atoms with E-state index in [2.05, 4.69) is 9.47 Å². The van der Waals surface area contributed by atoms with Crippen LogP contribution in [0.2, 0.25) is 0 Å². The lowest BCUT2D eigenvalue weighted by atomic mass is 10.3. The largest absolute Gasteiger partial charge is 0.465 e. The van der Waals surface area contributed by atoms with Crippen LogP contribution >= 0.6 is 0 Å². The fourth-order valence-electron chi connectivity index (χ4n) is 1.11. The van der Waals surface area contributed by atoms with Crippen molar-refractivity contribution in [3.8, 4) is 0 Å². The highest BCUT2D eigenvalue weighted by Gasteiger charge is 2.65. The number of alkyl halides is 10. The molecule has 0 radical (unpaired) electrons. The Hall–Kier alpha value is -1.80. The normalized spacial score (nSPS) is 13.7. The minimum Gasteiger partial charge on any atom is -0.460 e. The van der Waals surface area contributed by atoms with Crippen molar-refractivity contribution in [1.82, 2.24) is 4.90 Å². The van der Waals surface area contributed by atoms with Crippen LogP contribution in [0.1, 0.15) is 0 Å². The second-order valence-electron chi connectivity index (χ2n) is 4.72. The zero-order chi connectivity index (χ0) is 21.0. The highest BCUT2D eigenvalue weighted by molar-refractivity contribution is 5.79. The lowest BCUT2D eigenvalue weighted by Gasteiger charge is -2.21. The Morgan fingerprint density at radius 2 is 0.962 bits per heavy atom. The molecule has 0 unspecified atom stereocenters. The average molecular weight is 411 g/mol. The van der Waals surface area contributed by atoms with Gasteiger partial charge in [-0.15, -0.1) is 0 Å². The van der Waals surface area contributed by atoms with Crippen LogP contribution in [0.3, 0.4) is 0 Å². The molecule has 0 fully saturated rings. The predicted molar refractivity (Wildman–Crippen MR) is 61.4 cm³/mol. The molecule has 5 nitrogen and oxygen atoms in total. The van der Waals surface area contributed by atoms with E-state index in [1.807, 2.05) is 0 Å². The molecule has 0 saturated heterocycles. The Balaban J connectivity index is 4.25. The molecule has 26 heavy (non-hydrogen) atoms. The van der Waals surface area contributed by atoms with E-state index >= 15 is 0 Å². The number of carbonyl (C=O) groups is 2. The van der Waals surface area contributed by atoms with Crippen molar-refractivity contribution in [3.63, 3.8) is 0 Å². The van der Waals surface area contributed by atoms with E-state index in [0.717, 1.165) is 11.9 Å². The first-order valence-corrected chi connectivity index (χ1v) is 6.36. The molecular weight excluding hydrogens is 400 g/mol. The van der Waals surface area contributed by atoms with Crippen molar-refractivity contribution < 1.29 is 63.0 Å². The topological polar surface area (TPSA) is 55.8 Å². The third kappa shape index (κ3) is 6.17. The van der Waals surface area contributed by atoms with Crippen molar-refractivity contribution in [2.24, 2.45) is 0 Å². The minimum absolute atomic E-state index is 0.507. The lowest BCUT2D eigenvalue weighted by Crippen LogP contribution is -2.46. The van der Waals surface area contributed by atoms with Crippen molar-refractivity contribution in [1.29, 1.82) is 0 Å². The Kier molecular flexibility index (Phi) is 7.69. The van der Waals surface area contributed by atoms with Gasteiger partial charge in [-0.2, -0.15) is 43.9 Å². The number of halogens is 10. The number of carbonyl (C=O) groups excluding carboxylic acids is 2. The number of rotatable bonds is 8. The number of hydrogen-bond acceptors (Lipinski definition) is 5. The molecule has 0 aliphatic carbocycles. The quantitative estimate of drug-likeness (QED) is 0.454. The third-order valence-corrected chi connectivity index (χ3v) is 2.64. The number of hydrogen-bond donors (Lipinski definition) is 0. The Morgan fingerprint density at radius 3 is 1.19 bits per heavy atom. The molecule has 0 aromatic heterocycles. The molecule has 0 saturated carbocycles. The summed E-state index contributed by atoms with van der Waals surface area (Å²) in [5.41, 5.74) is 0. The maximum atomic E-state index is 12.5. The van der Waals surface area contributed by atoms with Gasteiger partial charge in [0, 0.05) is 13.1 Å². The van der Waals surface area contributed by atoms with Gasteiger partial charge in [-0.1, -0.05) is 0 Å². The van der Waals surface area contributed by atoms with Gasteiger partial charge in [-0.25, -0.2) is 9.59 Å². The van der Waals surface area contributed by atoms with E-state index in [1.54, 1.807) is 0 Å². The first-order valence-electron chi connectivity index (χ1n) is 6.36. The SMILES string of the molecule is CN(CCOC(=O)C(F)(F)C(F)(F)F)CCOC(=O)C(F)(F)C(F)(F)F. The highest BCUT2D eigenvalue weighted by atomic mass is 19.4. The molecule has 0 N–H and O–H groups in total. The summed E-state index contributed by atoms with van der Waals surface area (Å²) in [5.74, 6) is -17.2. The summed E-state index contributed by atoms with van der Waals surface area (Å²) in [4.78, 5) is 22.2. The van der Waals surface area contributed by atoms with Crippen LogP contribution in [-0.2, 0) is 19.1 Å². The zero-order valence-electron chi connectivity index (χ0n) is 12.7. The van der Waals surface area contributed by atoms with Crippen LogP contribution in [0.5, 0.6) is 0 Å². The number of esters is 2. The van der Waals surface area contributed by atoms with Gasteiger partial charge in [0.15, 0.2) is 0 Å². The molecular formula is C11H11F10NO4. The first kappa shape index (κ1) is 24.2. The number of nitrogens with zero attached hydrogens (tertiary/aromatic N) is 1. The van der Waals surface area contributed by atoms with Gasteiger partial charge in [0.1, 0.15) is 13.2 Å². The standard InChI is InChI=1S/C11H11F10NO4/c1-22(2-4-25-6(23)8(12,13)10(16,17)18)3-5-26-7(24)9(14,15)11(19,20)21/h2-5H2,1H3. The van der Waals surface area contributed by atoms with Gasteiger partial charge in [-0.3, -0.25) is 4.90 Å². The van der Waals surface area contributed by atoms with Crippen molar-refractivity contribution in [2.75, 3.05) is 33.4 Å². The molecule has 0 bridgehead atoms. The first-order chi connectivity index (χ1) is 11.4. The summed E-state index contributed by atoms with van der Waals surface area (Å²) in [6.45, 7) is -2.97. The summed E-state index contributed by atoms with van der Waals surface area (Å²) >= 11 is 0. The van der Waals surface area contributed by atoms with Crippen LogP contribution in [0, 0.1) is 0 Å². The third-order valence-electron chi connectivity index (χ3n) is 2.64. The second kappa shape index (κ2) is 8.26. The molecule has 0 aliphatic heterocycles. The number of likely N-dealkylation sites (N-methyl/N-ethyl adjacent to an activating group) is 1. The molecule has 154 valence electrons.